The highest BCUT2D eigenvalue weighted by Crippen LogP contribution is 2.29. The van der Waals surface area contributed by atoms with Crippen LogP contribution in [0.15, 0.2) is 22.7 Å². The Kier molecular flexibility index (Phi) is 4.25. The quantitative estimate of drug-likeness (QED) is 0.882. The van der Waals surface area contributed by atoms with Crippen molar-refractivity contribution < 1.29 is 4.74 Å². The summed E-state index contributed by atoms with van der Waals surface area (Å²) in [6, 6.07) is 6.06. The number of methoxy groups -OCH3 is 1. The minimum absolute atomic E-state index is 0.718. The molecule has 1 rings (SSSR count). The normalized spacial score (nSPS) is 10.1. The molecule has 0 amide bonds. The molecule has 0 aliphatic rings. The number of aryl methyl sites for hydroxylation is 1. The predicted molar refractivity (Wildman–Crippen MR) is 58.1 cm³/mol. The number of hydrogen-bond acceptors (Lipinski definition) is 2. The molecule has 0 fully saturated rings. The van der Waals surface area contributed by atoms with Crippen LogP contribution in [0, 0.1) is 0 Å². The zero-order valence-electron chi connectivity index (χ0n) is 7.72. The van der Waals surface area contributed by atoms with Crippen LogP contribution in [0.1, 0.15) is 12.0 Å². The van der Waals surface area contributed by atoms with Gasteiger partial charge in [0, 0.05) is 0 Å². The van der Waals surface area contributed by atoms with Gasteiger partial charge in [0.1, 0.15) is 5.75 Å². The van der Waals surface area contributed by atoms with E-state index in [0.717, 1.165) is 29.6 Å². The van der Waals surface area contributed by atoms with Crippen molar-refractivity contribution in [1.29, 1.82) is 0 Å². The molecule has 0 aromatic heterocycles. The lowest BCUT2D eigenvalue weighted by Crippen LogP contribution is -2.01. The first-order valence-corrected chi connectivity index (χ1v) is 5.10. The summed E-state index contributed by atoms with van der Waals surface area (Å²) in [5, 5.41) is 0. The number of ether oxygens (including phenoxy) is 1. The molecule has 72 valence electrons. The summed E-state index contributed by atoms with van der Waals surface area (Å²) >= 11 is 3.44. The van der Waals surface area contributed by atoms with Gasteiger partial charge in [0.25, 0.3) is 0 Å². The molecule has 1 aromatic carbocycles. The first-order chi connectivity index (χ1) is 6.29. The van der Waals surface area contributed by atoms with Gasteiger partial charge in [0.2, 0.25) is 0 Å². The summed E-state index contributed by atoms with van der Waals surface area (Å²) in [6.45, 7) is 0.718. The fourth-order valence-electron chi connectivity index (χ4n) is 1.27. The van der Waals surface area contributed by atoms with Crippen molar-refractivity contribution >= 4 is 15.9 Å². The Balaban J connectivity index is 2.85. The van der Waals surface area contributed by atoms with Gasteiger partial charge in [0.15, 0.2) is 0 Å². The van der Waals surface area contributed by atoms with E-state index < -0.39 is 0 Å². The smallest absolute Gasteiger partial charge is 0.136 e. The van der Waals surface area contributed by atoms with Gasteiger partial charge in [-0.15, -0.1) is 0 Å². The Morgan fingerprint density at radius 1 is 1.46 bits per heavy atom. The molecule has 0 aliphatic heterocycles. The van der Waals surface area contributed by atoms with E-state index >= 15 is 0 Å². The van der Waals surface area contributed by atoms with Crippen LogP contribution in [0.5, 0.6) is 5.75 Å². The van der Waals surface area contributed by atoms with Crippen molar-refractivity contribution in [2.75, 3.05) is 13.7 Å². The average molecular weight is 244 g/mol. The van der Waals surface area contributed by atoms with Crippen molar-refractivity contribution in [1.82, 2.24) is 0 Å². The summed E-state index contributed by atoms with van der Waals surface area (Å²) in [6.07, 6.45) is 1.96. The third-order valence-electron chi connectivity index (χ3n) is 1.90. The highest BCUT2D eigenvalue weighted by molar-refractivity contribution is 9.10. The van der Waals surface area contributed by atoms with E-state index in [9.17, 15) is 0 Å². The molecule has 2 nitrogen and oxygen atoms in total. The maximum absolute atomic E-state index is 5.45. The Labute approximate surface area is 87.2 Å². The Morgan fingerprint density at radius 3 is 2.85 bits per heavy atom. The highest BCUT2D eigenvalue weighted by Gasteiger charge is 2.05. The second kappa shape index (κ2) is 5.25. The molecule has 0 saturated heterocycles. The minimum Gasteiger partial charge on any atom is -0.495 e. The van der Waals surface area contributed by atoms with Gasteiger partial charge >= 0.3 is 0 Å². The summed E-state index contributed by atoms with van der Waals surface area (Å²) in [5.41, 5.74) is 6.66. The third kappa shape index (κ3) is 2.71. The van der Waals surface area contributed by atoms with Gasteiger partial charge in [-0.1, -0.05) is 12.1 Å². The molecule has 0 aliphatic carbocycles. The first kappa shape index (κ1) is 10.5. The van der Waals surface area contributed by atoms with Crippen LogP contribution in [-0.2, 0) is 6.42 Å². The van der Waals surface area contributed by atoms with Crippen molar-refractivity contribution in [2.24, 2.45) is 5.73 Å². The van der Waals surface area contributed by atoms with Gasteiger partial charge in [-0.05, 0) is 46.9 Å². The van der Waals surface area contributed by atoms with E-state index in [-0.39, 0.29) is 0 Å². The molecule has 13 heavy (non-hydrogen) atoms. The Bertz CT molecular complexity index is 276. The molecule has 0 unspecified atom stereocenters. The highest BCUT2D eigenvalue weighted by atomic mass is 79.9. The largest absolute Gasteiger partial charge is 0.495 e. The summed E-state index contributed by atoms with van der Waals surface area (Å²) in [5.74, 6) is 0.927. The van der Waals surface area contributed by atoms with Crippen molar-refractivity contribution in [2.45, 2.75) is 12.8 Å². The molecule has 0 atom stereocenters. The SMILES string of the molecule is COc1c(Br)cccc1CCCN. The summed E-state index contributed by atoms with van der Waals surface area (Å²) < 4.78 is 6.29. The van der Waals surface area contributed by atoms with Crippen molar-refractivity contribution in [3.8, 4) is 5.75 Å². The van der Waals surface area contributed by atoms with Crippen molar-refractivity contribution in [3.05, 3.63) is 28.2 Å². The molecule has 0 saturated carbocycles. The lowest BCUT2D eigenvalue weighted by molar-refractivity contribution is 0.406. The van der Waals surface area contributed by atoms with E-state index in [1.165, 1.54) is 5.56 Å². The van der Waals surface area contributed by atoms with E-state index in [2.05, 4.69) is 22.0 Å². The Morgan fingerprint density at radius 2 is 2.23 bits per heavy atom. The Hall–Kier alpha value is -0.540. The number of halogens is 1. The minimum atomic E-state index is 0.718. The summed E-state index contributed by atoms with van der Waals surface area (Å²) in [7, 11) is 1.69. The van der Waals surface area contributed by atoms with Gasteiger partial charge in [0.05, 0.1) is 11.6 Å². The second-order valence-electron chi connectivity index (χ2n) is 2.82. The van der Waals surface area contributed by atoms with Gasteiger partial charge < -0.3 is 10.5 Å². The van der Waals surface area contributed by atoms with Crippen LogP contribution in [0.25, 0.3) is 0 Å². The maximum Gasteiger partial charge on any atom is 0.136 e. The van der Waals surface area contributed by atoms with E-state index in [4.69, 9.17) is 10.5 Å². The first-order valence-electron chi connectivity index (χ1n) is 4.31. The lowest BCUT2D eigenvalue weighted by atomic mass is 10.1. The molecular weight excluding hydrogens is 230 g/mol. The van der Waals surface area contributed by atoms with Gasteiger partial charge in [-0.3, -0.25) is 0 Å². The number of rotatable bonds is 4. The third-order valence-corrected chi connectivity index (χ3v) is 2.53. The molecule has 0 spiro atoms. The predicted octanol–water partition coefficient (Wildman–Crippen LogP) is 2.35. The van der Waals surface area contributed by atoms with E-state index in [0.29, 0.717) is 0 Å². The van der Waals surface area contributed by atoms with Crippen LogP contribution in [0.3, 0.4) is 0 Å². The second-order valence-corrected chi connectivity index (χ2v) is 3.68. The number of hydrogen-bond donors (Lipinski definition) is 1. The van der Waals surface area contributed by atoms with E-state index in [1.807, 2.05) is 12.1 Å². The zero-order valence-corrected chi connectivity index (χ0v) is 9.30. The molecular formula is C10H14BrNO. The van der Waals surface area contributed by atoms with Crippen LogP contribution in [0.2, 0.25) is 0 Å². The number of benzene rings is 1. The maximum atomic E-state index is 5.45. The van der Waals surface area contributed by atoms with E-state index in [1.54, 1.807) is 7.11 Å². The van der Waals surface area contributed by atoms with Gasteiger partial charge in [-0.25, -0.2) is 0 Å². The fourth-order valence-corrected chi connectivity index (χ4v) is 1.84. The summed E-state index contributed by atoms with van der Waals surface area (Å²) in [4.78, 5) is 0. The fraction of sp³-hybridized carbons (Fsp3) is 0.400. The standard InChI is InChI=1S/C10H14BrNO/c1-13-10-8(5-3-7-12)4-2-6-9(10)11/h2,4,6H,3,5,7,12H2,1H3. The zero-order chi connectivity index (χ0) is 9.68. The molecule has 2 N–H and O–H groups in total. The molecule has 3 heteroatoms. The monoisotopic (exact) mass is 243 g/mol. The van der Waals surface area contributed by atoms with Crippen molar-refractivity contribution in [3.63, 3.8) is 0 Å². The number of para-hydroxylation sites is 1. The van der Waals surface area contributed by atoms with Crippen LogP contribution < -0.4 is 10.5 Å². The van der Waals surface area contributed by atoms with Gasteiger partial charge in [-0.2, -0.15) is 0 Å². The number of nitrogens with two attached hydrogens (primary N) is 1. The topological polar surface area (TPSA) is 35.2 Å². The molecule has 0 radical (unpaired) electrons. The lowest BCUT2D eigenvalue weighted by Gasteiger charge is -2.09. The molecule has 0 heterocycles. The molecule has 0 bridgehead atoms. The molecule has 1 aromatic rings. The van der Waals surface area contributed by atoms with Crippen LogP contribution in [0.4, 0.5) is 0 Å². The average Bonchev–Trinajstić information content (AvgIpc) is 2.15. The van der Waals surface area contributed by atoms with Crippen LogP contribution in [-0.4, -0.2) is 13.7 Å². The van der Waals surface area contributed by atoms with Crippen LogP contribution >= 0.6 is 15.9 Å².